The minimum Gasteiger partial charge on any atom is -0.371 e. The normalized spacial score (nSPS) is 15.9. The maximum absolute atomic E-state index is 11.3. The summed E-state index contributed by atoms with van der Waals surface area (Å²) in [7, 11) is 0. The molecule has 0 spiro atoms. The molecule has 2 fully saturated rings. The molecule has 3 aromatic carbocycles. The molecule has 0 unspecified atom stereocenters. The molecule has 0 atom stereocenters. The lowest BCUT2D eigenvalue weighted by Gasteiger charge is -2.35. The second-order valence-electron chi connectivity index (χ2n) is 9.69. The van der Waals surface area contributed by atoms with E-state index < -0.39 is 9.85 Å². The van der Waals surface area contributed by atoms with Crippen LogP contribution in [0.1, 0.15) is 38.5 Å². The van der Waals surface area contributed by atoms with Crippen molar-refractivity contribution in [2.75, 3.05) is 40.9 Å². The van der Waals surface area contributed by atoms with Crippen molar-refractivity contribution in [2.45, 2.75) is 38.5 Å². The molecule has 2 aliphatic rings. The molecule has 5 rings (SSSR count). The van der Waals surface area contributed by atoms with E-state index in [2.05, 4.69) is 28.0 Å². The smallest absolute Gasteiger partial charge is 0.269 e. The lowest BCUT2D eigenvalue weighted by atomic mass is 10.1. The van der Waals surface area contributed by atoms with Gasteiger partial charge in [-0.1, -0.05) is 0 Å². The summed E-state index contributed by atoms with van der Waals surface area (Å²) in [6, 6.07) is 19.5. The van der Waals surface area contributed by atoms with Crippen molar-refractivity contribution in [3.8, 4) is 0 Å². The van der Waals surface area contributed by atoms with Gasteiger partial charge in [0.1, 0.15) is 0 Å². The van der Waals surface area contributed by atoms with Crippen LogP contribution in [0, 0.1) is 20.2 Å². The Morgan fingerprint density at radius 3 is 1.27 bits per heavy atom. The number of hydrogen-bond acceptors (Lipinski definition) is 7. The molecule has 0 radical (unpaired) electrons. The Bertz CT molecular complexity index is 1160. The van der Waals surface area contributed by atoms with Gasteiger partial charge < -0.3 is 14.7 Å². The molecule has 9 nitrogen and oxygen atoms in total. The molecule has 0 saturated carbocycles. The summed E-state index contributed by atoms with van der Waals surface area (Å²) in [6.45, 7) is 4.05. The van der Waals surface area contributed by atoms with Gasteiger partial charge in [-0.05, 0) is 81.0 Å². The van der Waals surface area contributed by atoms with Gasteiger partial charge in [0.15, 0.2) is 0 Å². The summed E-state index contributed by atoms with van der Waals surface area (Å²) >= 11 is 0. The quantitative estimate of drug-likeness (QED) is 0.255. The number of piperidine rings is 2. The predicted molar refractivity (Wildman–Crippen MR) is 147 cm³/mol. The number of nitro groups is 2. The number of non-ortho nitro benzene ring substituents is 2. The van der Waals surface area contributed by atoms with Crippen molar-refractivity contribution in [3.63, 3.8) is 0 Å². The second-order valence-corrected chi connectivity index (χ2v) is 9.69. The molecule has 0 aromatic heterocycles. The fourth-order valence-electron chi connectivity index (χ4n) is 5.27. The molecule has 0 N–H and O–H groups in total. The predicted octanol–water partition coefficient (Wildman–Crippen LogP) is 6.95. The monoisotopic (exact) mass is 501 g/mol. The van der Waals surface area contributed by atoms with Crippen molar-refractivity contribution in [1.29, 1.82) is 0 Å². The number of anilines is 5. The Kier molecular flexibility index (Phi) is 7.20. The Morgan fingerprint density at radius 2 is 0.919 bits per heavy atom. The minimum absolute atomic E-state index is 0.0171. The number of hydrogen-bond donors (Lipinski definition) is 0. The van der Waals surface area contributed by atoms with E-state index in [0.717, 1.165) is 80.3 Å². The summed E-state index contributed by atoms with van der Waals surface area (Å²) in [5.74, 6) is 0. The van der Waals surface area contributed by atoms with Crippen LogP contribution < -0.4 is 14.7 Å². The van der Waals surface area contributed by atoms with Crippen LogP contribution in [0.5, 0.6) is 0 Å². The zero-order chi connectivity index (χ0) is 25.8. The highest BCUT2D eigenvalue weighted by molar-refractivity contribution is 5.82. The number of benzene rings is 3. The van der Waals surface area contributed by atoms with E-state index in [9.17, 15) is 20.2 Å². The third kappa shape index (κ3) is 5.50. The summed E-state index contributed by atoms with van der Waals surface area (Å²) in [5.41, 5.74) is 4.77. The zero-order valence-corrected chi connectivity index (χ0v) is 20.8. The van der Waals surface area contributed by atoms with Gasteiger partial charge in [-0.25, -0.2) is 0 Å². The average Bonchev–Trinajstić information content (AvgIpc) is 2.94. The molecule has 3 aromatic rings. The van der Waals surface area contributed by atoms with E-state index in [1.165, 1.54) is 37.1 Å². The first kappa shape index (κ1) is 24.5. The van der Waals surface area contributed by atoms with Crippen LogP contribution in [-0.2, 0) is 0 Å². The second kappa shape index (κ2) is 10.9. The van der Waals surface area contributed by atoms with Crippen molar-refractivity contribution in [3.05, 3.63) is 87.0 Å². The Morgan fingerprint density at radius 1 is 0.541 bits per heavy atom. The van der Waals surface area contributed by atoms with Gasteiger partial charge >= 0.3 is 0 Å². The SMILES string of the molecule is O=[N+]([O-])c1ccc(N(c2ccc([N+](=O)[O-])cc2)c2cc(N3CCCCC3)cc(N3CCCCC3)c2)cc1. The summed E-state index contributed by atoms with van der Waals surface area (Å²) in [6.07, 6.45) is 7.14. The van der Waals surface area contributed by atoms with E-state index in [-0.39, 0.29) is 11.4 Å². The highest BCUT2D eigenvalue weighted by atomic mass is 16.6. The Labute approximate surface area is 216 Å². The van der Waals surface area contributed by atoms with E-state index in [0.29, 0.717) is 0 Å². The van der Waals surface area contributed by atoms with Crippen LogP contribution in [0.4, 0.5) is 39.8 Å². The van der Waals surface area contributed by atoms with Gasteiger partial charge in [-0.2, -0.15) is 0 Å². The molecule has 2 heterocycles. The highest BCUT2D eigenvalue weighted by Gasteiger charge is 2.21. The van der Waals surface area contributed by atoms with Crippen molar-refractivity contribution in [1.82, 2.24) is 0 Å². The van der Waals surface area contributed by atoms with Crippen LogP contribution in [0.25, 0.3) is 0 Å². The van der Waals surface area contributed by atoms with Crippen LogP contribution >= 0.6 is 0 Å². The molecular formula is C28H31N5O4. The van der Waals surface area contributed by atoms with Crippen molar-refractivity contribution < 1.29 is 9.85 Å². The average molecular weight is 502 g/mol. The first-order valence-corrected chi connectivity index (χ1v) is 12.9. The molecule has 37 heavy (non-hydrogen) atoms. The number of rotatable bonds is 7. The Balaban J connectivity index is 1.63. The fourth-order valence-corrected chi connectivity index (χ4v) is 5.27. The van der Waals surface area contributed by atoms with Gasteiger partial charge in [0.05, 0.1) is 15.5 Å². The topological polar surface area (TPSA) is 96.0 Å². The number of nitrogens with zero attached hydrogens (tertiary/aromatic N) is 5. The molecule has 0 amide bonds. The van der Waals surface area contributed by atoms with Crippen LogP contribution in [0.15, 0.2) is 66.7 Å². The summed E-state index contributed by atoms with van der Waals surface area (Å²) < 4.78 is 0. The van der Waals surface area contributed by atoms with E-state index in [1.54, 1.807) is 24.3 Å². The highest BCUT2D eigenvalue weighted by Crippen LogP contribution is 2.40. The standard InChI is InChI=1S/C28H31N5O4/c34-32(35)24-11-7-22(8-12-24)31(23-9-13-25(14-10-23)33(36)37)28-20-26(29-15-3-1-4-16-29)19-27(21-28)30-17-5-2-6-18-30/h7-14,19-21H,1-6,15-18H2. The first-order chi connectivity index (χ1) is 18.0. The molecule has 2 saturated heterocycles. The number of nitro benzene ring substituents is 2. The van der Waals surface area contributed by atoms with Gasteiger partial charge in [-0.15, -0.1) is 0 Å². The van der Waals surface area contributed by atoms with Gasteiger partial charge in [-0.3, -0.25) is 20.2 Å². The van der Waals surface area contributed by atoms with Crippen molar-refractivity contribution in [2.24, 2.45) is 0 Å². The molecule has 9 heteroatoms. The lowest BCUT2D eigenvalue weighted by molar-refractivity contribution is -0.385. The molecule has 0 aliphatic carbocycles. The first-order valence-electron chi connectivity index (χ1n) is 12.9. The van der Waals surface area contributed by atoms with Gasteiger partial charge in [0, 0.05) is 73.2 Å². The fraction of sp³-hybridized carbons (Fsp3) is 0.357. The van der Waals surface area contributed by atoms with E-state index >= 15 is 0 Å². The summed E-state index contributed by atoms with van der Waals surface area (Å²) in [4.78, 5) is 28.6. The third-order valence-electron chi connectivity index (χ3n) is 7.23. The van der Waals surface area contributed by atoms with Crippen LogP contribution in [-0.4, -0.2) is 36.0 Å². The third-order valence-corrected chi connectivity index (χ3v) is 7.23. The largest absolute Gasteiger partial charge is 0.371 e. The lowest BCUT2D eigenvalue weighted by Crippen LogP contribution is -2.31. The molecule has 192 valence electrons. The van der Waals surface area contributed by atoms with E-state index in [1.807, 2.05) is 4.90 Å². The zero-order valence-electron chi connectivity index (χ0n) is 20.8. The maximum atomic E-state index is 11.3. The Hall–Kier alpha value is -4.14. The van der Waals surface area contributed by atoms with Crippen molar-refractivity contribution >= 4 is 39.8 Å². The van der Waals surface area contributed by atoms with Crippen LogP contribution in [0.3, 0.4) is 0 Å². The van der Waals surface area contributed by atoms with E-state index in [4.69, 9.17) is 0 Å². The molecular weight excluding hydrogens is 470 g/mol. The van der Waals surface area contributed by atoms with Crippen LogP contribution in [0.2, 0.25) is 0 Å². The maximum Gasteiger partial charge on any atom is 0.269 e. The minimum atomic E-state index is -0.411. The van der Waals surface area contributed by atoms with Gasteiger partial charge in [0.2, 0.25) is 0 Å². The van der Waals surface area contributed by atoms with Gasteiger partial charge in [0.25, 0.3) is 11.4 Å². The summed E-state index contributed by atoms with van der Waals surface area (Å²) in [5, 5.41) is 22.6. The molecule has 0 bridgehead atoms. The molecule has 2 aliphatic heterocycles.